The quantitative estimate of drug-likeness (QED) is 0.884. The van der Waals surface area contributed by atoms with E-state index in [0.29, 0.717) is 5.02 Å². The molecule has 0 aliphatic rings. The van der Waals surface area contributed by atoms with Crippen LogP contribution < -0.4 is 0 Å². The van der Waals surface area contributed by atoms with Crippen LogP contribution >= 0.6 is 11.6 Å². The average Bonchev–Trinajstić information content (AvgIpc) is 2.76. The van der Waals surface area contributed by atoms with Gasteiger partial charge in [0.2, 0.25) is 0 Å². The molecular formula is C13H13ClO2. The summed E-state index contributed by atoms with van der Waals surface area (Å²) in [6.45, 7) is 1.99. The van der Waals surface area contributed by atoms with Crippen molar-refractivity contribution in [2.75, 3.05) is 0 Å². The van der Waals surface area contributed by atoms with E-state index in [1.165, 1.54) is 0 Å². The molecule has 1 N–H and O–H groups in total. The summed E-state index contributed by atoms with van der Waals surface area (Å²) in [5.41, 5.74) is 1.59. The first-order chi connectivity index (χ1) is 7.72. The van der Waals surface area contributed by atoms with E-state index in [1.807, 2.05) is 19.1 Å². The molecular weight excluding hydrogens is 224 g/mol. The van der Waals surface area contributed by atoms with E-state index in [1.54, 1.807) is 24.5 Å². The van der Waals surface area contributed by atoms with Gasteiger partial charge in [-0.3, -0.25) is 0 Å². The molecule has 0 aliphatic heterocycles. The van der Waals surface area contributed by atoms with Crippen LogP contribution in [0.3, 0.4) is 0 Å². The van der Waals surface area contributed by atoms with Gasteiger partial charge in [0.1, 0.15) is 11.9 Å². The third-order valence-corrected chi connectivity index (χ3v) is 2.80. The summed E-state index contributed by atoms with van der Waals surface area (Å²) in [6, 6.07) is 9.02. The van der Waals surface area contributed by atoms with Gasteiger partial charge >= 0.3 is 0 Å². The third-order valence-electron chi connectivity index (χ3n) is 2.56. The highest BCUT2D eigenvalue weighted by Crippen LogP contribution is 2.27. The summed E-state index contributed by atoms with van der Waals surface area (Å²) < 4.78 is 5.29. The second-order valence-corrected chi connectivity index (χ2v) is 4.05. The molecule has 0 bridgehead atoms. The maximum Gasteiger partial charge on any atom is 0.109 e. The normalized spacial score (nSPS) is 12.7. The molecule has 0 fully saturated rings. The molecule has 2 rings (SSSR count). The van der Waals surface area contributed by atoms with Crippen molar-refractivity contribution < 1.29 is 9.52 Å². The molecule has 0 radical (unpaired) electrons. The summed E-state index contributed by atoms with van der Waals surface area (Å²) in [5, 5.41) is 10.8. The molecule has 1 atom stereocenters. The lowest BCUT2D eigenvalue weighted by atomic mass is 10.0. The summed E-state index contributed by atoms with van der Waals surface area (Å²) in [4.78, 5) is 0. The van der Waals surface area contributed by atoms with Gasteiger partial charge in [-0.15, -0.1) is 0 Å². The summed E-state index contributed by atoms with van der Waals surface area (Å²) in [5.74, 6) is 0.812. The lowest BCUT2D eigenvalue weighted by molar-refractivity contribution is 0.217. The van der Waals surface area contributed by atoms with Crippen molar-refractivity contribution in [1.29, 1.82) is 0 Å². The first-order valence-corrected chi connectivity index (χ1v) is 5.60. The molecule has 0 saturated carbocycles. The van der Waals surface area contributed by atoms with Crippen molar-refractivity contribution in [2.24, 2.45) is 0 Å². The molecule has 0 spiro atoms. The maximum absolute atomic E-state index is 10.2. The zero-order valence-electron chi connectivity index (χ0n) is 8.98. The second kappa shape index (κ2) is 4.73. The van der Waals surface area contributed by atoms with Gasteiger partial charge in [-0.1, -0.05) is 30.7 Å². The van der Waals surface area contributed by atoms with Gasteiger partial charge in [-0.05, 0) is 23.8 Å². The molecule has 0 aliphatic carbocycles. The Morgan fingerprint density at radius 1 is 1.38 bits per heavy atom. The van der Waals surface area contributed by atoms with Crippen LogP contribution in [0, 0.1) is 0 Å². The smallest absolute Gasteiger partial charge is 0.109 e. The second-order valence-electron chi connectivity index (χ2n) is 3.61. The van der Waals surface area contributed by atoms with Gasteiger partial charge in [0, 0.05) is 17.0 Å². The van der Waals surface area contributed by atoms with Crippen molar-refractivity contribution in [3.8, 4) is 0 Å². The standard InChI is InChI=1S/C13H13ClO2/c1-2-12-11(6-7-16-12)13(15)9-4-3-5-10(14)8-9/h3-8,13,15H,2H2,1H3. The Bertz CT molecular complexity index is 476. The Labute approximate surface area is 99.5 Å². The van der Waals surface area contributed by atoms with Gasteiger partial charge in [0.15, 0.2) is 0 Å². The van der Waals surface area contributed by atoms with Crippen LogP contribution in [0.2, 0.25) is 5.02 Å². The predicted octanol–water partition coefficient (Wildman–Crippen LogP) is 3.58. The number of halogens is 1. The number of aliphatic hydroxyl groups is 1. The molecule has 1 aromatic carbocycles. The minimum absolute atomic E-state index is 0.623. The lowest BCUT2D eigenvalue weighted by Gasteiger charge is -2.10. The molecule has 2 aromatic rings. The van der Waals surface area contributed by atoms with Crippen LogP contribution in [0.15, 0.2) is 41.0 Å². The average molecular weight is 237 g/mol. The monoisotopic (exact) mass is 236 g/mol. The fourth-order valence-electron chi connectivity index (χ4n) is 1.74. The van der Waals surface area contributed by atoms with E-state index in [4.69, 9.17) is 16.0 Å². The summed E-state index contributed by atoms with van der Waals surface area (Å²) in [6.07, 6.45) is 1.69. The van der Waals surface area contributed by atoms with E-state index in [-0.39, 0.29) is 0 Å². The number of hydrogen-bond acceptors (Lipinski definition) is 2. The van der Waals surface area contributed by atoms with E-state index in [2.05, 4.69) is 0 Å². The Hall–Kier alpha value is -1.25. The number of aryl methyl sites for hydroxylation is 1. The van der Waals surface area contributed by atoms with E-state index >= 15 is 0 Å². The molecule has 3 heteroatoms. The topological polar surface area (TPSA) is 33.4 Å². The maximum atomic E-state index is 10.2. The Morgan fingerprint density at radius 3 is 2.88 bits per heavy atom. The van der Waals surface area contributed by atoms with Crippen molar-refractivity contribution in [2.45, 2.75) is 19.4 Å². The van der Waals surface area contributed by atoms with Crippen LogP contribution in [-0.2, 0) is 6.42 Å². The lowest BCUT2D eigenvalue weighted by Crippen LogP contribution is -2.00. The first-order valence-electron chi connectivity index (χ1n) is 5.22. The van der Waals surface area contributed by atoms with Gasteiger partial charge in [-0.25, -0.2) is 0 Å². The Kier molecular flexibility index (Phi) is 3.32. The van der Waals surface area contributed by atoms with Crippen LogP contribution in [0.1, 0.15) is 29.9 Å². The highest BCUT2D eigenvalue weighted by atomic mass is 35.5. The molecule has 16 heavy (non-hydrogen) atoms. The van der Waals surface area contributed by atoms with Crippen molar-refractivity contribution in [3.63, 3.8) is 0 Å². The van der Waals surface area contributed by atoms with Crippen LogP contribution in [-0.4, -0.2) is 5.11 Å². The minimum Gasteiger partial charge on any atom is -0.469 e. The van der Waals surface area contributed by atoms with Crippen molar-refractivity contribution >= 4 is 11.6 Å². The zero-order valence-corrected chi connectivity index (χ0v) is 9.74. The van der Waals surface area contributed by atoms with Crippen LogP contribution in [0.5, 0.6) is 0 Å². The molecule has 0 saturated heterocycles. The third kappa shape index (κ3) is 2.13. The van der Waals surface area contributed by atoms with Gasteiger partial charge in [0.25, 0.3) is 0 Å². The molecule has 1 unspecified atom stereocenters. The predicted molar refractivity (Wildman–Crippen MR) is 63.6 cm³/mol. The molecule has 84 valence electrons. The van der Waals surface area contributed by atoms with E-state index in [0.717, 1.165) is 23.3 Å². The number of rotatable bonds is 3. The van der Waals surface area contributed by atoms with E-state index < -0.39 is 6.10 Å². The number of furan rings is 1. The first kappa shape index (κ1) is 11.2. The fourth-order valence-corrected chi connectivity index (χ4v) is 1.94. The molecule has 2 nitrogen and oxygen atoms in total. The summed E-state index contributed by atoms with van der Waals surface area (Å²) >= 11 is 5.89. The molecule has 1 aromatic heterocycles. The van der Waals surface area contributed by atoms with Crippen LogP contribution in [0.25, 0.3) is 0 Å². The highest BCUT2D eigenvalue weighted by molar-refractivity contribution is 6.30. The van der Waals surface area contributed by atoms with E-state index in [9.17, 15) is 5.11 Å². The SMILES string of the molecule is CCc1occc1C(O)c1cccc(Cl)c1. The highest BCUT2D eigenvalue weighted by Gasteiger charge is 2.16. The minimum atomic E-state index is -0.674. The Morgan fingerprint density at radius 2 is 2.19 bits per heavy atom. The van der Waals surface area contributed by atoms with Gasteiger partial charge in [-0.2, -0.15) is 0 Å². The zero-order chi connectivity index (χ0) is 11.5. The van der Waals surface area contributed by atoms with Crippen molar-refractivity contribution in [1.82, 2.24) is 0 Å². The molecule has 1 heterocycles. The molecule has 0 amide bonds. The summed E-state index contributed by atoms with van der Waals surface area (Å²) in [7, 11) is 0. The fraction of sp³-hybridized carbons (Fsp3) is 0.231. The number of hydrogen-bond donors (Lipinski definition) is 1. The van der Waals surface area contributed by atoms with Crippen LogP contribution in [0.4, 0.5) is 0 Å². The van der Waals surface area contributed by atoms with Gasteiger partial charge < -0.3 is 9.52 Å². The Balaban J connectivity index is 2.35. The van der Waals surface area contributed by atoms with Gasteiger partial charge in [0.05, 0.1) is 6.26 Å². The largest absolute Gasteiger partial charge is 0.469 e. The number of benzene rings is 1. The van der Waals surface area contributed by atoms with Crippen molar-refractivity contribution in [3.05, 3.63) is 58.5 Å². The number of aliphatic hydroxyl groups excluding tert-OH is 1.